The van der Waals surface area contributed by atoms with Gasteiger partial charge in [0, 0.05) is 17.1 Å². The maximum absolute atomic E-state index is 9.20. The van der Waals surface area contributed by atoms with Crippen molar-refractivity contribution in [1.29, 1.82) is 0 Å². The van der Waals surface area contributed by atoms with Gasteiger partial charge in [-0.1, -0.05) is 18.6 Å². The molecular weight excluding hydrogens is 346 g/mol. The Hall–Kier alpha value is -1.24. The number of hydrogen-bond acceptors (Lipinski definition) is 5. The molecule has 0 bridgehead atoms. The van der Waals surface area contributed by atoms with Gasteiger partial charge in [-0.25, -0.2) is 0 Å². The van der Waals surface area contributed by atoms with Crippen LogP contribution in [0, 0.1) is 0 Å². The van der Waals surface area contributed by atoms with Crippen molar-refractivity contribution < 1.29 is 9.52 Å². The van der Waals surface area contributed by atoms with Crippen molar-refractivity contribution in [3.05, 3.63) is 34.6 Å². The van der Waals surface area contributed by atoms with E-state index in [0.29, 0.717) is 24.4 Å². The Morgan fingerprint density at radius 2 is 2.14 bits per heavy atom. The van der Waals surface area contributed by atoms with Crippen molar-refractivity contribution in [3.8, 4) is 11.5 Å². The maximum atomic E-state index is 9.20. The molecule has 3 rings (SSSR count). The van der Waals surface area contributed by atoms with Crippen molar-refractivity contribution in [1.82, 2.24) is 15.1 Å². The van der Waals surface area contributed by atoms with Crippen LogP contribution in [0.2, 0.25) is 0 Å². The lowest BCUT2D eigenvalue weighted by molar-refractivity contribution is 0.103. The lowest BCUT2D eigenvalue weighted by Crippen LogP contribution is -2.39. The van der Waals surface area contributed by atoms with E-state index in [1.165, 1.54) is 12.8 Å². The summed E-state index contributed by atoms with van der Waals surface area (Å²) in [6.45, 7) is 1.91. The number of aliphatic hydroxyl groups excluding tert-OH is 1. The summed E-state index contributed by atoms with van der Waals surface area (Å²) in [4.78, 5) is 2.34. The first kappa shape index (κ1) is 15.6. The van der Waals surface area contributed by atoms with Crippen LogP contribution in [0.15, 0.2) is 33.2 Å². The highest BCUT2D eigenvalue weighted by atomic mass is 79.9. The Balaban J connectivity index is 1.72. The summed E-state index contributed by atoms with van der Waals surface area (Å²) in [5.41, 5.74) is 0.909. The van der Waals surface area contributed by atoms with Gasteiger partial charge in [-0.05, 0) is 53.9 Å². The highest BCUT2D eigenvalue weighted by Crippen LogP contribution is 2.27. The molecule has 1 aliphatic heterocycles. The fourth-order valence-corrected chi connectivity index (χ4v) is 3.43. The Labute approximate surface area is 138 Å². The average molecular weight is 366 g/mol. The first-order valence-electron chi connectivity index (χ1n) is 7.70. The van der Waals surface area contributed by atoms with Gasteiger partial charge in [0.1, 0.15) is 0 Å². The van der Waals surface area contributed by atoms with Crippen LogP contribution in [0.3, 0.4) is 0 Å². The molecule has 1 N–H and O–H groups in total. The third kappa shape index (κ3) is 3.56. The van der Waals surface area contributed by atoms with Gasteiger partial charge < -0.3 is 9.52 Å². The molecule has 0 spiro atoms. The number of hydrogen-bond donors (Lipinski definition) is 1. The summed E-state index contributed by atoms with van der Waals surface area (Å²) in [5, 5.41) is 17.5. The van der Waals surface area contributed by atoms with E-state index in [2.05, 4.69) is 31.0 Å². The van der Waals surface area contributed by atoms with E-state index in [9.17, 15) is 5.11 Å². The van der Waals surface area contributed by atoms with Crippen LogP contribution >= 0.6 is 15.9 Å². The molecule has 0 radical (unpaired) electrons. The minimum atomic E-state index is 0.229. The predicted octanol–water partition coefficient (Wildman–Crippen LogP) is 3.24. The molecule has 2 heterocycles. The molecule has 1 aromatic heterocycles. The van der Waals surface area contributed by atoms with E-state index >= 15 is 0 Å². The van der Waals surface area contributed by atoms with Crippen molar-refractivity contribution in [2.75, 3.05) is 13.2 Å². The van der Waals surface area contributed by atoms with Crippen molar-refractivity contribution in [2.45, 2.75) is 38.3 Å². The Morgan fingerprint density at radius 1 is 1.27 bits per heavy atom. The summed E-state index contributed by atoms with van der Waals surface area (Å²) in [7, 11) is 0. The van der Waals surface area contributed by atoms with Crippen LogP contribution in [0.5, 0.6) is 0 Å². The van der Waals surface area contributed by atoms with Crippen LogP contribution in [-0.4, -0.2) is 39.4 Å². The number of aromatic nitrogens is 2. The average Bonchev–Trinajstić information content (AvgIpc) is 2.98. The predicted molar refractivity (Wildman–Crippen MR) is 87.2 cm³/mol. The summed E-state index contributed by atoms with van der Waals surface area (Å²) in [5.74, 6) is 1.17. The molecule has 6 heteroatoms. The zero-order valence-corrected chi connectivity index (χ0v) is 14.0. The van der Waals surface area contributed by atoms with E-state index in [4.69, 9.17) is 4.42 Å². The second kappa shape index (κ2) is 7.35. The second-order valence-corrected chi connectivity index (χ2v) is 6.47. The SMILES string of the molecule is OCCC1CCCCN1Cc1nnc(-c2ccccc2Br)o1. The molecule has 1 unspecified atom stereocenters. The molecule has 1 aromatic carbocycles. The molecule has 2 aromatic rings. The molecular formula is C16H20BrN3O2. The summed E-state index contributed by atoms with van der Waals surface area (Å²) in [6, 6.07) is 8.24. The molecule has 22 heavy (non-hydrogen) atoms. The topological polar surface area (TPSA) is 62.4 Å². The number of halogens is 1. The molecule has 118 valence electrons. The Kier molecular flexibility index (Phi) is 5.23. The van der Waals surface area contributed by atoms with Crippen molar-refractivity contribution in [3.63, 3.8) is 0 Å². The number of piperidine rings is 1. The summed E-state index contributed by atoms with van der Waals surface area (Å²) >= 11 is 3.50. The smallest absolute Gasteiger partial charge is 0.248 e. The molecule has 1 atom stereocenters. The highest BCUT2D eigenvalue weighted by Gasteiger charge is 2.24. The van der Waals surface area contributed by atoms with Crippen LogP contribution in [0.1, 0.15) is 31.6 Å². The zero-order valence-electron chi connectivity index (χ0n) is 12.4. The largest absolute Gasteiger partial charge is 0.419 e. The quantitative estimate of drug-likeness (QED) is 0.880. The van der Waals surface area contributed by atoms with Crippen LogP contribution in [0.25, 0.3) is 11.5 Å². The third-order valence-corrected chi connectivity index (χ3v) is 4.81. The fourth-order valence-electron chi connectivity index (χ4n) is 2.98. The zero-order chi connectivity index (χ0) is 15.4. The van der Waals surface area contributed by atoms with Crippen LogP contribution in [0.4, 0.5) is 0 Å². The van der Waals surface area contributed by atoms with E-state index in [-0.39, 0.29) is 6.61 Å². The van der Waals surface area contributed by atoms with Crippen molar-refractivity contribution >= 4 is 15.9 Å². The Bertz CT molecular complexity index is 615. The molecule has 1 fully saturated rings. The lowest BCUT2D eigenvalue weighted by Gasteiger charge is -2.34. The molecule has 0 saturated carbocycles. The maximum Gasteiger partial charge on any atom is 0.248 e. The van der Waals surface area contributed by atoms with Gasteiger partial charge in [-0.15, -0.1) is 10.2 Å². The van der Waals surface area contributed by atoms with E-state index in [1.807, 2.05) is 24.3 Å². The number of benzene rings is 1. The number of rotatable bonds is 5. The minimum Gasteiger partial charge on any atom is -0.419 e. The third-order valence-electron chi connectivity index (χ3n) is 4.12. The molecule has 0 aliphatic carbocycles. The molecule has 1 aliphatic rings. The molecule has 5 nitrogen and oxygen atoms in total. The van der Waals surface area contributed by atoms with Gasteiger partial charge in [-0.2, -0.15) is 0 Å². The van der Waals surface area contributed by atoms with Gasteiger partial charge in [0.25, 0.3) is 0 Å². The minimum absolute atomic E-state index is 0.229. The summed E-state index contributed by atoms with van der Waals surface area (Å²) < 4.78 is 6.77. The monoisotopic (exact) mass is 365 g/mol. The van der Waals surface area contributed by atoms with E-state index < -0.39 is 0 Å². The molecule has 1 saturated heterocycles. The summed E-state index contributed by atoms with van der Waals surface area (Å²) in [6.07, 6.45) is 4.36. The Morgan fingerprint density at radius 3 is 2.95 bits per heavy atom. The second-order valence-electron chi connectivity index (χ2n) is 5.61. The first-order chi connectivity index (χ1) is 10.8. The van der Waals surface area contributed by atoms with E-state index in [1.54, 1.807) is 0 Å². The van der Waals surface area contributed by atoms with Gasteiger partial charge in [-0.3, -0.25) is 4.90 Å². The van der Waals surface area contributed by atoms with Crippen LogP contribution in [-0.2, 0) is 6.54 Å². The van der Waals surface area contributed by atoms with E-state index in [0.717, 1.165) is 29.4 Å². The lowest BCUT2D eigenvalue weighted by atomic mass is 10.00. The number of likely N-dealkylation sites (tertiary alicyclic amines) is 1. The normalized spacial score (nSPS) is 19.5. The molecule has 0 amide bonds. The number of nitrogens with zero attached hydrogens (tertiary/aromatic N) is 3. The fraction of sp³-hybridized carbons (Fsp3) is 0.500. The number of aliphatic hydroxyl groups is 1. The van der Waals surface area contributed by atoms with Gasteiger partial charge in [0.05, 0.1) is 12.1 Å². The highest BCUT2D eigenvalue weighted by molar-refractivity contribution is 9.10. The van der Waals surface area contributed by atoms with Crippen LogP contribution < -0.4 is 0 Å². The van der Waals surface area contributed by atoms with Gasteiger partial charge in [0.2, 0.25) is 11.8 Å². The van der Waals surface area contributed by atoms with Gasteiger partial charge in [0.15, 0.2) is 0 Å². The first-order valence-corrected chi connectivity index (χ1v) is 8.49. The van der Waals surface area contributed by atoms with Crippen molar-refractivity contribution in [2.24, 2.45) is 0 Å². The standard InChI is InChI=1S/C16H20BrN3O2/c17-14-7-2-1-6-13(14)16-19-18-15(22-16)11-20-9-4-3-5-12(20)8-10-21/h1-2,6-7,12,21H,3-5,8-11H2. The van der Waals surface area contributed by atoms with Gasteiger partial charge >= 0.3 is 0 Å².